The second-order valence-corrected chi connectivity index (χ2v) is 7.80. The van der Waals surface area contributed by atoms with Gasteiger partial charge in [0, 0.05) is 6.04 Å². The zero-order chi connectivity index (χ0) is 12.3. The smallest absolute Gasteiger partial charge is 0.205 e. The van der Waals surface area contributed by atoms with Crippen molar-refractivity contribution in [3.05, 3.63) is 5.01 Å². The monoisotopic (exact) mass is 251 g/mol. The van der Waals surface area contributed by atoms with Gasteiger partial charge in [0.1, 0.15) is 5.01 Å². The fourth-order valence-electron chi connectivity index (χ4n) is 4.14. The fraction of sp³-hybridized carbons (Fsp3) is 0.846. The van der Waals surface area contributed by atoms with Crippen LogP contribution >= 0.6 is 11.3 Å². The first-order chi connectivity index (χ1) is 7.92. The molecule has 2 aliphatic rings. The molecule has 94 valence electrons. The Labute approximate surface area is 107 Å². The summed E-state index contributed by atoms with van der Waals surface area (Å²) in [4.78, 5) is 0. The highest BCUT2D eigenvalue weighted by Crippen LogP contribution is 2.63. The van der Waals surface area contributed by atoms with Crippen LogP contribution in [0.2, 0.25) is 0 Å². The van der Waals surface area contributed by atoms with Crippen molar-refractivity contribution in [3.8, 4) is 0 Å². The lowest BCUT2D eigenvalue weighted by atomic mass is 9.68. The van der Waals surface area contributed by atoms with E-state index in [1.54, 1.807) is 11.3 Å². The quantitative estimate of drug-likeness (QED) is 0.874. The number of fused-ring (bicyclic) bond motifs is 2. The molecular formula is C13H21N3S. The Hall–Kier alpha value is -0.640. The van der Waals surface area contributed by atoms with Crippen molar-refractivity contribution in [1.29, 1.82) is 0 Å². The van der Waals surface area contributed by atoms with Gasteiger partial charge in [-0.05, 0) is 42.9 Å². The van der Waals surface area contributed by atoms with Crippen LogP contribution in [-0.2, 0) is 0 Å². The summed E-state index contributed by atoms with van der Waals surface area (Å²) >= 11 is 1.67. The summed E-state index contributed by atoms with van der Waals surface area (Å²) in [5.74, 6) is 0.874. The van der Waals surface area contributed by atoms with Gasteiger partial charge in [-0.3, -0.25) is 0 Å². The van der Waals surface area contributed by atoms with Crippen LogP contribution in [0.4, 0.5) is 5.13 Å². The maximum absolute atomic E-state index is 4.22. The average molecular weight is 251 g/mol. The van der Waals surface area contributed by atoms with Crippen LogP contribution in [0.25, 0.3) is 0 Å². The molecule has 1 aromatic heterocycles. The molecule has 0 spiro atoms. The molecule has 4 heteroatoms. The van der Waals surface area contributed by atoms with E-state index >= 15 is 0 Å². The summed E-state index contributed by atoms with van der Waals surface area (Å²) in [6.07, 6.45) is 4.13. The third kappa shape index (κ3) is 1.60. The number of hydrogen-bond donors (Lipinski definition) is 1. The molecule has 2 aliphatic carbocycles. The molecule has 1 heterocycles. The zero-order valence-electron chi connectivity index (χ0n) is 11.1. The predicted octanol–water partition coefficient (Wildman–Crippen LogP) is 3.47. The molecule has 1 N–H and O–H groups in total. The summed E-state index contributed by atoms with van der Waals surface area (Å²) in [6.45, 7) is 9.27. The van der Waals surface area contributed by atoms with Crippen molar-refractivity contribution in [1.82, 2.24) is 10.2 Å². The highest BCUT2D eigenvalue weighted by atomic mass is 32.1. The van der Waals surface area contributed by atoms with Crippen LogP contribution in [0.5, 0.6) is 0 Å². The Bertz CT molecular complexity index is 435. The van der Waals surface area contributed by atoms with E-state index in [0.717, 1.165) is 16.1 Å². The number of aromatic nitrogens is 2. The van der Waals surface area contributed by atoms with Gasteiger partial charge in [0.05, 0.1) is 0 Å². The van der Waals surface area contributed by atoms with Gasteiger partial charge in [0.25, 0.3) is 0 Å². The largest absolute Gasteiger partial charge is 0.356 e. The molecule has 0 aliphatic heterocycles. The number of aryl methyl sites for hydroxylation is 1. The maximum atomic E-state index is 4.22. The zero-order valence-corrected chi connectivity index (χ0v) is 11.9. The molecule has 3 nitrogen and oxygen atoms in total. The van der Waals surface area contributed by atoms with Crippen molar-refractivity contribution in [2.45, 2.75) is 53.0 Å². The van der Waals surface area contributed by atoms with E-state index in [1.807, 2.05) is 6.92 Å². The Morgan fingerprint density at radius 1 is 1.29 bits per heavy atom. The van der Waals surface area contributed by atoms with Gasteiger partial charge in [0.2, 0.25) is 5.13 Å². The molecule has 0 aromatic carbocycles. The highest BCUT2D eigenvalue weighted by Gasteiger charge is 2.59. The van der Waals surface area contributed by atoms with Gasteiger partial charge in [-0.2, -0.15) is 0 Å². The van der Waals surface area contributed by atoms with Crippen LogP contribution in [0.3, 0.4) is 0 Å². The minimum Gasteiger partial charge on any atom is -0.356 e. The summed E-state index contributed by atoms with van der Waals surface area (Å²) in [6, 6.07) is 0.543. The maximum Gasteiger partial charge on any atom is 0.205 e. The molecule has 1 aromatic rings. The van der Waals surface area contributed by atoms with E-state index in [9.17, 15) is 0 Å². The van der Waals surface area contributed by atoms with E-state index in [-0.39, 0.29) is 0 Å². The normalized spacial score (nSPS) is 38.6. The second kappa shape index (κ2) is 3.44. The molecule has 17 heavy (non-hydrogen) atoms. The predicted molar refractivity (Wildman–Crippen MR) is 71.3 cm³/mol. The van der Waals surface area contributed by atoms with Crippen LogP contribution in [0.15, 0.2) is 0 Å². The Morgan fingerprint density at radius 2 is 2.06 bits per heavy atom. The van der Waals surface area contributed by atoms with Crippen molar-refractivity contribution < 1.29 is 0 Å². The van der Waals surface area contributed by atoms with E-state index in [1.165, 1.54) is 19.3 Å². The second-order valence-electron chi connectivity index (χ2n) is 6.62. The van der Waals surface area contributed by atoms with Crippen LogP contribution in [0.1, 0.15) is 45.0 Å². The summed E-state index contributed by atoms with van der Waals surface area (Å²) in [5.41, 5.74) is 0.834. The first-order valence-electron chi connectivity index (χ1n) is 6.48. The molecular weight excluding hydrogens is 230 g/mol. The summed E-state index contributed by atoms with van der Waals surface area (Å²) in [5, 5.41) is 14.0. The van der Waals surface area contributed by atoms with E-state index in [0.29, 0.717) is 16.9 Å². The third-order valence-electron chi connectivity index (χ3n) is 5.06. The average Bonchev–Trinajstić information content (AvgIpc) is 2.85. The van der Waals surface area contributed by atoms with E-state index in [2.05, 4.69) is 36.3 Å². The van der Waals surface area contributed by atoms with Gasteiger partial charge < -0.3 is 5.32 Å². The molecule has 1 unspecified atom stereocenters. The molecule has 2 fully saturated rings. The molecule has 2 saturated carbocycles. The SMILES string of the molecule is Cc1nnc(NC2C(C)(C)[C@H]3CC[C@]2(C)C3)s1. The van der Waals surface area contributed by atoms with Gasteiger partial charge in [0.15, 0.2) is 0 Å². The molecule has 3 rings (SSSR count). The standard InChI is InChI=1S/C13H21N3S/c1-8-15-16-11(17-8)14-10-12(2,3)9-5-6-13(10,4)7-9/h9-10H,5-7H2,1-4H3,(H,14,16)/t9-,10?,13+/m0/s1. The number of rotatable bonds is 2. The van der Waals surface area contributed by atoms with Crippen molar-refractivity contribution in [3.63, 3.8) is 0 Å². The Balaban J connectivity index is 1.87. The van der Waals surface area contributed by atoms with Crippen molar-refractivity contribution >= 4 is 16.5 Å². The fourth-order valence-corrected chi connectivity index (χ4v) is 4.76. The number of anilines is 1. The minimum absolute atomic E-state index is 0.382. The topological polar surface area (TPSA) is 37.8 Å². The third-order valence-corrected chi connectivity index (χ3v) is 5.83. The number of nitrogens with zero attached hydrogens (tertiary/aromatic N) is 2. The summed E-state index contributed by atoms with van der Waals surface area (Å²) in [7, 11) is 0. The molecule has 0 amide bonds. The molecule has 0 saturated heterocycles. The number of nitrogens with one attached hydrogen (secondary N) is 1. The Morgan fingerprint density at radius 3 is 2.59 bits per heavy atom. The molecule has 0 radical (unpaired) electrons. The van der Waals surface area contributed by atoms with Crippen LogP contribution in [0, 0.1) is 23.7 Å². The minimum atomic E-state index is 0.382. The van der Waals surface area contributed by atoms with Crippen LogP contribution < -0.4 is 5.32 Å². The Kier molecular flexibility index (Phi) is 2.31. The van der Waals surface area contributed by atoms with Crippen LogP contribution in [-0.4, -0.2) is 16.2 Å². The first kappa shape index (κ1) is 11.5. The molecule has 3 atom stereocenters. The van der Waals surface area contributed by atoms with E-state index < -0.39 is 0 Å². The van der Waals surface area contributed by atoms with Crippen molar-refractivity contribution in [2.24, 2.45) is 16.7 Å². The lowest BCUT2D eigenvalue weighted by Gasteiger charge is -2.42. The first-order valence-corrected chi connectivity index (χ1v) is 7.30. The molecule has 2 bridgehead atoms. The van der Waals surface area contributed by atoms with Gasteiger partial charge >= 0.3 is 0 Å². The lowest BCUT2D eigenvalue weighted by Crippen LogP contribution is -2.45. The summed E-state index contributed by atoms with van der Waals surface area (Å²) < 4.78 is 0. The lowest BCUT2D eigenvalue weighted by molar-refractivity contribution is 0.155. The van der Waals surface area contributed by atoms with E-state index in [4.69, 9.17) is 0 Å². The number of hydrogen-bond acceptors (Lipinski definition) is 4. The van der Waals surface area contributed by atoms with Crippen molar-refractivity contribution in [2.75, 3.05) is 5.32 Å². The van der Waals surface area contributed by atoms with Gasteiger partial charge in [-0.1, -0.05) is 32.1 Å². The van der Waals surface area contributed by atoms with Gasteiger partial charge in [-0.15, -0.1) is 10.2 Å². The highest BCUT2D eigenvalue weighted by molar-refractivity contribution is 7.15. The van der Waals surface area contributed by atoms with Gasteiger partial charge in [-0.25, -0.2) is 0 Å².